The maximum Gasteiger partial charge on any atom is 0.134 e. The molecule has 0 aliphatic heterocycles. The third-order valence-corrected chi connectivity index (χ3v) is 4.21. The molecule has 2 atom stereocenters. The van der Waals surface area contributed by atoms with E-state index in [1.165, 1.54) is 19.3 Å². The summed E-state index contributed by atoms with van der Waals surface area (Å²) < 4.78 is 0. The van der Waals surface area contributed by atoms with E-state index in [1.807, 2.05) is 0 Å². The van der Waals surface area contributed by atoms with Gasteiger partial charge in [-0.25, -0.2) is 9.97 Å². The van der Waals surface area contributed by atoms with Crippen LogP contribution in [0.3, 0.4) is 0 Å². The lowest BCUT2D eigenvalue weighted by atomic mass is 10.1. The van der Waals surface area contributed by atoms with Crippen molar-refractivity contribution >= 4 is 11.6 Å². The van der Waals surface area contributed by atoms with Crippen LogP contribution in [0.4, 0.5) is 11.6 Å². The van der Waals surface area contributed by atoms with Crippen molar-refractivity contribution in [1.82, 2.24) is 9.97 Å². The van der Waals surface area contributed by atoms with Crippen molar-refractivity contribution in [3.05, 3.63) is 11.4 Å². The molecule has 0 aromatic carbocycles. The van der Waals surface area contributed by atoms with Gasteiger partial charge in [-0.15, -0.1) is 0 Å². The van der Waals surface area contributed by atoms with E-state index in [2.05, 4.69) is 48.3 Å². The Morgan fingerprint density at radius 2 is 1.80 bits per heavy atom. The van der Waals surface area contributed by atoms with Crippen LogP contribution in [0.5, 0.6) is 0 Å². The number of aryl methyl sites for hydroxylation is 1. The highest BCUT2D eigenvalue weighted by Crippen LogP contribution is 2.30. The van der Waals surface area contributed by atoms with E-state index >= 15 is 0 Å². The van der Waals surface area contributed by atoms with E-state index in [0.717, 1.165) is 54.4 Å². The van der Waals surface area contributed by atoms with Gasteiger partial charge in [-0.3, -0.25) is 0 Å². The van der Waals surface area contributed by atoms with E-state index in [1.54, 1.807) is 0 Å². The molecule has 1 aliphatic carbocycles. The summed E-state index contributed by atoms with van der Waals surface area (Å²) in [5, 5.41) is 6.89. The molecule has 1 fully saturated rings. The standard InChI is InChI=1S/C16H28N4/c1-5-14-19-15(17-6-2)12(4)16(20-14)18-10-13-8-7-11(3)9-13/h11,13H,5-10H2,1-4H3,(H2,17,18,19,20). The first kappa shape index (κ1) is 15.1. The number of hydrogen-bond acceptors (Lipinski definition) is 4. The predicted molar refractivity (Wildman–Crippen MR) is 85.3 cm³/mol. The summed E-state index contributed by atoms with van der Waals surface area (Å²) in [6, 6.07) is 0. The van der Waals surface area contributed by atoms with Gasteiger partial charge in [0.15, 0.2) is 0 Å². The van der Waals surface area contributed by atoms with Crippen molar-refractivity contribution in [3.8, 4) is 0 Å². The molecular weight excluding hydrogens is 248 g/mol. The number of nitrogens with one attached hydrogen (secondary N) is 2. The van der Waals surface area contributed by atoms with Gasteiger partial charge in [0.1, 0.15) is 17.5 Å². The van der Waals surface area contributed by atoms with E-state index < -0.39 is 0 Å². The maximum atomic E-state index is 4.65. The largest absolute Gasteiger partial charge is 0.370 e. The van der Waals surface area contributed by atoms with Gasteiger partial charge in [-0.1, -0.05) is 20.3 Å². The fraction of sp³-hybridized carbons (Fsp3) is 0.750. The highest BCUT2D eigenvalue weighted by Gasteiger charge is 2.21. The fourth-order valence-electron chi connectivity index (χ4n) is 2.98. The lowest BCUT2D eigenvalue weighted by Crippen LogP contribution is -2.16. The van der Waals surface area contributed by atoms with Crippen molar-refractivity contribution in [3.63, 3.8) is 0 Å². The zero-order valence-corrected chi connectivity index (χ0v) is 13.3. The van der Waals surface area contributed by atoms with Crippen LogP contribution < -0.4 is 10.6 Å². The van der Waals surface area contributed by atoms with E-state index in [4.69, 9.17) is 0 Å². The summed E-state index contributed by atoms with van der Waals surface area (Å²) in [5.74, 6) is 4.58. The number of rotatable bonds is 6. The second kappa shape index (κ2) is 6.91. The van der Waals surface area contributed by atoms with Gasteiger partial charge in [0.05, 0.1) is 0 Å². The van der Waals surface area contributed by atoms with E-state index in [-0.39, 0.29) is 0 Å². The third kappa shape index (κ3) is 3.62. The van der Waals surface area contributed by atoms with Crippen LogP contribution in [0.15, 0.2) is 0 Å². The average molecular weight is 276 g/mol. The maximum absolute atomic E-state index is 4.65. The Labute approximate surface area is 122 Å². The normalized spacial score (nSPS) is 22.0. The van der Waals surface area contributed by atoms with Crippen LogP contribution in [0.25, 0.3) is 0 Å². The fourth-order valence-corrected chi connectivity index (χ4v) is 2.98. The molecule has 0 radical (unpaired) electrons. The molecule has 2 rings (SSSR count). The molecule has 112 valence electrons. The lowest BCUT2D eigenvalue weighted by molar-refractivity contribution is 0.536. The number of aromatic nitrogens is 2. The van der Waals surface area contributed by atoms with Crippen LogP contribution in [-0.2, 0) is 6.42 Å². The van der Waals surface area contributed by atoms with Gasteiger partial charge in [0.2, 0.25) is 0 Å². The van der Waals surface area contributed by atoms with Crippen molar-refractivity contribution in [2.24, 2.45) is 11.8 Å². The Balaban J connectivity index is 2.07. The number of nitrogens with zero attached hydrogens (tertiary/aromatic N) is 2. The summed E-state index contributed by atoms with van der Waals surface area (Å²) in [5.41, 5.74) is 1.13. The number of hydrogen-bond donors (Lipinski definition) is 2. The molecule has 1 aromatic rings. The molecule has 20 heavy (non-hydrogen) atoms. The molecule has 2 N–H and O–H groups in total. The second-order valence-corrected chi connectivity index (χ2v) is 6.01. The van der Waals surface area contributed by atoms with Gasteiger partial charge in [0.25, 0.3) is 0 Å². The van der Waals surface area contributed by atoms with Crippen LogP contribution in [0.2, 0.25) is 0 Å². The molecule has 0 saturated heterocycles. The highest BCUT2D eigenvalue weighted by molar-refractivity contribution is 5.57. The van der Waals surface area contributed by atoms with Gasteiger partial charge in [0, 0.05) is 25.1 Å². The van der Waals surface area contributed by atoms with Crippen LogP contribution >= 0.6 is 0 Å². The summed E-state index contributed by atoms with van der Waals surface area (Å²) in [6.45, 7) is 10.6. The first-order valence-corrected chi connectivity index (χ1v) is 7.99. The van der Waals surface area contributed by atoms with Crippen LogP contribution in [0, 0.1) is 18.8 Å². The van der Waals surface area contributed by atoms with Gasteiger partial charge >= 0.3 is 0 Å². The molecule has 1 aliphatic rings. The minimum Gasteiger partial charge on any atom is -0.370 e. The van der Waals surface area contributed by atoms with Crippen molar-refractivity contribution < 1.29 is 0 Å². The minimum atomic E-state index is 0.798. The zero-order valence-electron chi connectivity index (χ0n) is 13.3. The molecule has 0 bridgehead atoms. The summed E-state index contributed by atoms with van der Waals surface area (Å²) >= 11 is 0. The summed E-state index contributed by atoms with van der Waals surface area (Å²) in [7, 11) is 0. The van der Waals surface area contributed by atoms with E-state index in [9.17, 15) is 0 Å². The topological polar surface area (TPSA) is 49.8 Å². The molecule has 4 nitrogen and oxygen atoms in total. The first-order chi connectivity index (χ1) is 9.63. The Hall–Kier alpha value is -1.32. The quantitative estimate of drug-likeness (QED) is 0.833. The Bertz CT molecular complexity index is 444. The molecule has 0 spiro atoms. The Morgan fingerprint density at radius 1 is 1.10 bits per heavy atom. The monoisotopic (exact) mass is 276 g/mol. The van der Waals surface area contributed by atoms with Crippen molar-refractivity contribution in [2.75, 3.05) is 23.7 Å². The molecule has 1 aromatic heterocycles. The molecule has 2 unspecified atom stereocenters. The van der Waals surface area contributed by atoms with Crippen LogP contribution in [-0.4, -0.2) is 23.1 Å². The SMILES string of the molecule is CCNc1nc(CC)nc(NCC2CCC(C)C2)c1C. The third-order valence-electron chi connectivity index (χ3n) is 4.21. The predicted octanol–water partition coefficient (Wildman–Crippen LogP) is 3.63. The summed E-state index contributed by atoms with van der Waals surface area (Å²) in [6.07, 6.45) is 4.93. The van der Waals surface area contributed by atoms with Gasteiger partial charge in [-0.2, -0.15) is 0 Å². The smallest absolute Gasteiger partial charge is 0.134 e. The Kier molecular flexibility index (Phi) is 5.21. The molecule has 4 heteroatoms. The van der Waals surface area contributed by atoms with E-state index in [0.29, 0.717) is 0 Å². The number of anilines is 2. The highest BCUT2D eigenvalue weighted by atomic mass is 15.1. The molecule has 1 heterocycles. The molecule has 1 saturated carbocycles. The summed E-state index contributed by atoms with van der Waals surface area (Å²) in [4.78, 5) is 9.22. The minimum absolute atomic E-state index is 0.798. The Morgan fingerprint density at radius 3 is 2.35 bits per heavy atom. The van der Waals surface area contributed by atoms with Gasteiger partial charge < -0.3 is 10.6 Å². The van der Waals surface area contributed by atoms with Crippen molar-refractivity contribution in [2.45, 2.75) is 53.4 Å². The first-order valence-electron chi connectivity index (χ1n) is 7.99. The van der Waals surface area contributed by atoms with Gasteiger partial charge in [-0.05, 0) is 38.5 Å². The zero-order chi connectivity index (χ0) is 14.5. The molecule has 0 amide bonds. The second-order valence-electron chi connectivity index (χ2n) is 6.01. The average Bonchev–Trinajstić information content (AvgIpc) is 2.85. The lowest BCUT2D eigenvalue weighted by Gasteiger charge is -2.16. The van der Waals surface area contributed by atoms with Crippen molar-refractivity contribution in [1.29, 1.82) is 0 Å². The van der Waals surface area contributed by atoms with Crippen LogP contribution in [0.1, 0.15) is 51.4 Å². The molecular formula is C16H28N4.